The molecule has 12 heteroatoms. The first kappa shape index (κ1) is 35.7. The number of rotatable bonds is 8. The lowest BCUT2D eigenvalue weighted by Gasteiger charge is -2.67. The second kappa shape index (κ2) is 13.6. The van der Waals surface area contributed by atoms with Crippen LogP contribution in [0.4, 0.5) is 0 Å². The Labute approximate surface area is 238 Å². The molecule has 232 valence electrons. The minimum atomic E-state index is -1.03. The van der Waals surface area contributed by atoms with Crippen molar-refractivity contribution in [3.8, 4) is 0 Å². The van der Waals surface area contributed by atoms with Crippen LogP contribution in [-0.4, -0.2) is 141 Å². The van der Waals surface area contributed by atoms with E-state index in [0.29, 0.717) is 0 Å². The van der Waals surface area contributed by atoms with Gasteiger partial charge in [-0.25, -0.2) is 0 Å². The molecule has 0 bridgehead atoms. The van der Waals surface area contributed by atoms with E-state index in [-0.39, 0.29) is 65.4 Å². The van der Waals surface area contributed by atoms with Gasteiger partial charge in [0.15, 0.2) is 0 Å². The molecule has 1 atom stereocenters. The summed E-state index contributed by atoms with van der Waals surface area (Å²) in [6.07, 6.45) is 0. The summed E-state index contributed by atoms with van der Waals surface area (Å²) in [4.78, 5) is 55.3. The Kier molecular flexibility index (Phi) is 12.1. The third kappa shape index (κ3) is 9.12. The summed E-state index contributed by atoms with van der Waals surface area (Å²) >= 11 is 0. The topological polar surface area (TPSA) is 162 Å². The summed E-state index contributed by atoms with van der Waals surface area (Å²) < 4.78 is 0. The number of carboxylic acid groups (broad SMARTS) is 4. The van der Waals surface area contributed by atoms with Crippen molar-refractivity contribution >= 4 is 23.9 Å². The van der Waals surface area contributed by atoms with Gasteiger partial charge in [-0.15, -0.1) is 0 Å². The summed E-state index contributed by atoms with van der Waals surface area (Å²) in [7, 11) is 0. The van der Waals surface area contributed by atoms with Crippen molar-refractivity contribution < 1.29 is 39.6 Å². The van der Waals surface area contributed by atoms with Crippen LogP contribution in [0.15, 0.2) is 0 Å². The predicted molar refractivity (Wildman–Crippen MR) is 151 cm³/mol. The molecule has 1 fully saturated rings. The van der Waals surface area contributed by atoms with Gasteiger partial charge in [0.05, 0.1) is 26.2 Å². The van der Waals surface area contributed by atoms with Gasteiger partial charge in [-0.2, -0.15) is 0 Å². The molecular formula is C28H52N4O8. The first-order valence-electron chi connectivity index (χ1n) is 13.8. The lowest BCUT2D eigenvalue weighted by Crippen LogP contribution is -2.78. The number of hydrogen-bond acceptors (Lipinski definition) is 8. The van der Waals surface area contributed by atoms with E-state index in [2.05, 4.69) is 0 Å². The van der Waals surface area contributed by atoms with Crippen molar-refractivity contribution in [2.24, 2.45) is 16.2 Å². The summed E-state index contributed by atoms with van der Waals surface area (Å²) in [6.45, 7) is 18.7. The van der Waals surface area contributed by atoms with E-state index in [4.69, 9.17) is 0 Å². The van der Waals surface area contributed by atoms with Crippen molar-refractivity contribution in [1.29, 1.82) is 0 Å². The highest BCUT2D eigenvalue weighted by Crippen LogP contribution is 2.55. The van der Waals surface area contributed by atoms with E-state index in [1.54, 1.807) is 9.80 Å². The molecule has 0 radical (unpaired) electrons. The molecule has 1 unspecified atom stereocenters. The lowest BCUT2D eigenvalue weighted by molar-refractivity contribution is -0.181. The third-order valence-corrected chi connectivity index (χ3v) is 7.87. The van der Waals surface area contributed by atoms with Crippen molar-refractivity contribution in [2.45, 2.75) is 73.9 Å². The van der Waals surface area contributed by atoms with Crippen LogP contribution >= 0.6 is 0 Å². The maximum atomic E-state index is 12.4. The van der Waals surface area contributed by atoms with Crippen LogP contribution in [0.3, 0.4) is 0 Å². The van der Waals surface area contributed by atoms with Gasteiger partial charge in [-0.3, -0.25) is 38.8 Å². The van der Waals surface area contributed by atoms with Gasteiger partial charge in [-0.05, 0) is 16.2 Å². The lowest BCUT2D eigenvalue weighted by atomic mass is 9.51. The standard InChI is InChI=1S/C28H52N4O8/c1-25(2,3)24-28(26(4,5)6,27(7,8)9)32(19-23(39)40)15-13-30(17-21(35)36)11-10-29(16-20(33)34)12-14-31(24)18-22(37)38/h24H,10-19H2,1-9H3,(H,33,34)(H,35,36)(H,37,38)(H,39,40). The van der Waals surface area contributed by atoms with Gasteiger partial charge in [0.25, 0.3) is 0 Å². The molecule has 4 N–H and O–H groups in total. The zero-order valence-electron chi connectivity index (χ0n) is 25.9. The molecule has 0 aliphatic carbocycles. The summed E-state index contributed by atoms with van der Waals surface area (Å²) in [5, 5.41) is 39.3. The fourth-order valence-corrected chi connectivity index (χ4v) is 7.26. The molecule has 1 saturated heterocycles. The van der Waals surface area contributed by atoms with Crippen LogP contribution in [0.1, 0.15) is 62.3 Å². The average molecular weight is 573 g/mol. The number of nitrogens with zero attached hydrogens (tertiary/aromatic N) is 4. The molecule has 0 aromatic rings. The van der Waals surface area contributed by atoms with E-state index < -0.39 is 51.7 Å². The normalized spacial score (nSPS) is 21.8. The third-order valence-electron chi connectivity index (χ3n) is 7.87. The van der Waals surface area contributed by atoms with Gasteiger partial charge in [0, 0.05) is 50.8 Å². The molecule has 1 rings (SSSR count). The summed E-state index contributed by atoms with van der Waals surface area (Å²) in [5.41, 5.74) is -2.65. The molecule has 0 saturated carbocycles. The Morgan fingerprint density at radius 2 is 0.925 bits per heavy atom. The van der Waals surface area contributed by atoms with Crippen molar-refractivity contribution in [3.63, 3.8) is 0 Å². The van der Waals surface area contributed by atoms with E-state index in [9.17, 15) is 39.6 Å². The van der Waals surface area contributed by atoms with Crippen molar-refractivity contribution in [2.75, 3.05) is 65.4 Å². The molecule has 1 aliphatic rings. The molecular weight excluding hydrogens is 520 g/mol. The smallest absolute Gasteiger partial charge is 0.317 e. The molecule has 0 spiro atoms. The second-order valence-electron chi connectivity index (χ2n) is 14.1. The Morgan fingerprint density at radius 1 is 0.575 bits per heavy atom. The van der Waals surface area contributed by atoms with Gasteiger partial charge >= 0.3 is 23.9 Å². The largest absolute Gasteiger partial charge is 0.480 e. The first-order valence-corrected chi connectivity index (χ1v) is 13.8. The molecule has 1 aliphatic heterocycles. The number of carboxylic acids is 4. The van der Waals surface area contributed by atoms with Gasteiger partial charge in [-0.1, -0.05) is 62.3 Å². The maximum absolute atomic E-state index is 12.4. The summed E-state index contributed by atoms with van der Waals surface area (Å²) in [5.74, 6) is -4.11. The Morgan fingerprint density at radius 3 is 1.25 bits per heavy atom. The number of carbonyl (C=O) groups is 4. The molecule has 40 heavy (non-hydrogen) atoms. The Bertz CT molecular complexity index is 889. The quantitative estimate of drug-likeness (QED) is 0.334. The van der Waals surface area contributed by atoms with Gasteiger partial charge in [0.2, 0.25) is 0 Å². The Hall–Kier alpha value is -2.28. The highest BCUT2D eigenvalue weighted by atomic mass is 16.4. The van der Waals surface area contributed by atoms with E-state index in [0.717, 1.165) is 0 Å². The molecule has 1 heterocycles. The molecule has 0 aromatic heterocycles. The fourth-order valence-electron chi connectivity index (χ4n) is 7.26. The highest BCUT2D eigenvalue weighted by Gasteiger charge is 2.63. The first-order chi connectivity index (χ1) is 18.0. The predicted octanol–water partition coefficient (Wildman–Crippen LogP) is 1.79. The molecule has 0 amide bonds. The van der Waals surface area contributed by atoms with Crippen molar-refractivity contribution in [1.82, 2.24) is 19.6 Å². The average Bonchev–Trinajstić information content (AvgIpc) is 2.70. The minimum Gasteiger partial charge on any atom is -0.480 e. The van der Waals surface area contributed by atoms with Crippen LogP contribution in [0.5, 0.6) is 0 Å². The van der Waals surface area contributed by atoms with Crippen LogP contribution in [0.25, 0.3) is 0 Å². The van der Waals surface area contributed by atoms with E-state index in [1.165, 1.54) is 0 Å². The van der Waals surface area contributed by atoms with Crippen molar-refractivity contribution in [3.05, 3.63) is 0 Å². The van der Waals surface area contributed by atoms with E-state index in [1.807, 2.05) is 72.1 Å². The zero-order chi connectivity index (χ0) is 31.3. The van der Waals surface area contributed by atoms with Crippen LogP contribution < -0.4 is 0 Å². The maximum Gasteiger partial charge on any atom is 0.317 e. The number of aliphatic carboxylic acids is 4. The highest BCUT2D eigenvalue weighted by molar-refractivity contribution is 5.70. The van der Waals surface area contributed by atoms with Crippen LogP contribution in [0.2, 0.25) is 0 Å². The van der Waals surface area contributed by atoms with Crippen LogP contribution in [0, 0.1) is 16.2 Å². The second-order valence-corrected chi connectivity index (χ2v) is 14.1. The fraction of sp³-hybridized carbons (Fsp3) is 0.857. The minimum absolute atomic E-state index is 0.223. The van der Waals surface area contributed by atoms with E-state index >= 15 is 0 Å². The SMILES string of the molecule is CC(C)(C)C1N(CC(=O)O)CCN(CC(=O)O)CCN(CC(=O)O)CCN(CC(=O)O)C1(C(C)(C)C)C(C)(C)C. The molecule has 0 aromatic carbocycles. The van der Waals surface area contributed by atoms with Gasteiger partial charge < -0.3 is 20.4 Å². The van der Waals surface area contributed by atoms with Crippen LogP contribution in [-0.2, 0) is 19.2 Å². The zero-order valence-corrected chi connectivity index (χ0v) is 25.9. The number of hydrogen-bond donors (Lipinski definition) is 4. The van der Waals surface area contributed by atoms with Gasteiger partial charge in [0.1, 0.15) is 0 Å². The monoisotopic (exact) mass is 572 g/mol. The Balaban J connectivity index is 4.11. The summed E-state index contributed by atoms with van der Waals surface area (Å²) in [6, 6.07) is -0.491. The molecule has 12 nitrogen and oxygen atoms in total.